The molecule has 0 saturated carbocycles. The lowest BCUT2D eigenvalue weighted by Crippen LogP contribution is -2.13. The second-order valence-electron chi connectivity index (χ2n) is 4.46. The van der Waals surface area contributed by atoms with Gasteiger partial charge in [0.1, 0.15) is 0 Å². The predicted octanol–water partition coefficient (Wildman–Crippen LogP) is 1.79. The fourth-order valence-corrected chi connectivity index (χ4v) is 3.28. The monoisotopic (exact) mass is 445 g/mol. The SMILES string of the molecule is CNCCSc1nonc1-c1noc(=O)n1-c1cccc(I)c1. The highest BCUT2D eigenvalue weighted by molar-refractivity contribution is 14.1. The summed E-state index contributed by atoms with van der Waals surface area (Å²) in [5.74, 6) is 0.463. The van der Waals surface area contributed by atoms with Gasteiger partial charge in [0.05, 0.1) is 5.69 Å². The number of aromatic nitrogens is 4. The normalized spacial score (nSPS) is 11.0. The van der Waals surface area contributed by atoms with E-state index in [4.69, 9.17) is 9.15 Å². The fourth-order valence-electron chi connectivity index (χ4n) is 1.90. The summed E-state index contributed by atoms with van der Waals surface area (Å²) in [6, 6.07) is 7.43. The van der Waals surface area contributed by atoms with Crippen molar-refractivity contribution in [3.63, 3.8) is 0 Å². The molecule has 8 nitrogen and oxygen atoms in total. The minimum absolute atomic E-state index is 0.269. The lowest BCUT2D eigenvalue weighted by atomic mass is 10.3. The van der Waals surface area contributed by atoms with Crippen molar-refractivity contribution in [2.45, 2.75) is 5.03 Å². The third-order valence-corrected chi connectivity index (χ3v) is 4.55. The van der Waals surface area contributed by atoms with E-state index >= 15 is 0 Å². The average molecular weight is 445 g/mol. The second kappa shape index (κ2) is 7.27. The molecular weight excluding hydrogens is 433 g/mol. The van der Waals surface area contributed by atoms with Crippen LogP contribution in [0.1, 0.15) is 0 Å². The lowest BCUT2D eigenvalue weighted by Gasteiger charge is -2.03. The molecule has 2 aromatic heterocycles. The molecule has 23 heavy (non-hydrogen) atoms. The maximum atomic E-state index is 12.1. The van der Waals surface area contributed by atoms with Gasteiger partial charge >= 0.3 is 5.76 Å². The highest BCUT2D eigenvalue weighted by Crippen LogP contribution is 2.27. The summed E-state index contributed by atoms with van der Waals surface area (Å²) in [7, 11) is 1.87. The Balaban J connectivity index is 2.03. The van der Waals surface area contributed by atoms with Gasteiger partial charge < -0.3 is 5.32 Å². The highest BCUT2D eigenvalue weighted by Gasteiger charge is 2.22. The molecule has 0 atom stereocenters. The Morgan fingerprint density at radius 3 is 3.00 bits per heavy atom. The summed E-state index contributed by atoms with van der Waals surface area (Å²) in [6.07, 6.45) is 0. The fraction of sp³-hybridized carbons (Fsp3) is 0.231. The van der Waals surface area contributed by atoms with Gasteiger partial charge in [0.2, 0.25) is 5.82 Å². The Kier molecular flexibility index (Phi) is 5.13. The maximum Gasteiger partial charge on any atom is 0.446 e. The first-order chi connectivity index (χ1) is 11.2. The van der Waals surface area contributed by atoms with E-state index in [2.05, 4.69) is 43.4 Å². The first-order valence-electron chi connectivity index (χ1n) is 6.65. The zero-order valence-electron chi connectivity index (χ0n) is 12.0. The van der Waals surface area contributed by atoms with Crippen LogP contribution in [0.2, 0.25) is 0 Å². The molecule has 3 rings (SSSR count). The standard InChI is InChI=1S/C13H12IN5O3S/c1-15-5-6-23-12-10(16-22-18-12)11-17-21-13(20)19(11)9-4-2-3-8(14)7-9/h2-4,7,15H,5-6H2,1H3. The first-order valence-corrected chi connectivity index (χ1v) is 8.72. The number of benzene rings is 1. The van der Waals surface area contributed by atoms with E-state index in [9.17, 15) is 4.79 Å². The highest BCUT2D eigenvalue weighted by atomic mass is 127. The summed E-state index contributed by atoms with van der Waals surface area (Å²) in [5.41, 5.74) is 1.03. The van der Waals surface area contributed by atoms with Gasteiger partial charge in [-0.2, -0.15) is 0 Å². The third kappa shape index (κ3) is 3.48. The molecule has 1 N–H and O–H groups in total. The van der Waals surface area contributed by atoms with Crippen LogP contribution in [0, 0.1) is 3.57 Å². The second-order valence-corrected chi connectivity index (χ2v) is 6.79. The zero-order chi connectivity index (χ0) is 16.2. The molecule has 0 spiro atoms. The molecule has 2 heterocycles. The zero-order valence-corrected chi connectivity index (χ0v) is 15.0. The van der Waals surface area contributed by atoms with Gasteiger partial charge in [0.15, 0.2) is 10.7 Å². The minimum Gasteiger partial charge on any atom is -0.319 e. The average Bonchev–Trinajstić information content (AvgIpc) is 3.14. The van der Waals surface area contributed by atoms with Gasteiger partial charge in [-0.25, -0.2) is 14.0 Å². The maximum absolute atomic E-state index is 12.1. The van der Waals surface area contributed by atoms with Crippen molar-refractivity contribution < 1.29 is 9.15 Å². The Morgan fingerprint density at radius 2 is 2.22 bits per heavy atom. The Labute approximate surface area is 148 Å². The summed E-state index contributed by atoms with van der Waals surface area (Å²) in [6.45, 7) is 0.805. The van der Waals surface area contributed by atoms with Crippen LogP contribution in [0.15, 0.2) is 43.2 Å². The Hall–Kier alpha value is -1.66. The Morgan fingerprint density at radius 1 is 1.35 bits per heavy atom. The van der Waals surface area contributed by atoms with Gasteiger partial charge in [-0.3, -0.25) is 4.52 Å². The number of hydrogen-bond donors (Lipinski definition) is 1. The van der Waals surface area contributed by atoms with E-state index in [0.717, 1.165) is 15.9 Å². The van der Waals surface area contributed by atoms with Crippen LogP contribution in [0.25, 0.3) is 17.2 Å². The van der Waals surface area contributed by atoms with Gasteiger partial charge in [-0.15, -0.1) is 0 Å². The van der Waals surface area contributed by atoms with E-state index in [-0.39, 0.29) is 5.82 Å². The molecule has 0 unspecified atom stereocenters. The molecule has 0 amide bonds. The summed E-state index contributed by atoms with van der Waals surface area (Å²) in [4.78, 5) is 12.1. The van der Waals surface area contributed by atoms with Crippen LogP contribution >= 0.6 is 34.4 Å². The van der Waals surface area contributed by atoms with Crippen LogP contribution in [0.5, 0.6) is 0 Å². The number of hydrogen-bond acceptors (Lipinski definition) is 8. The molecule has 0 aliphatic carbocycles. The van der Waals surface area contributed by atoms with E-state index < -0.39 is 5.76 Å². The smallest absolute Gasteiger partial charge is 0.319 e. The molecule has 0 fully saturated rings. The Bertz CT molecular complexity index is 859. The summed E-state index contributed by atoms with van der Waals surface area (Å²) < 4.78 is 12.0. The van der Waals surface area contributed by atoms with Crippen LogP contribution < -0.4 is 11.1 Å². The molecule has 120 valence electrons. The molecule has 0 aliphatic rings. The van der Waals surface area contributed by atoms with Gasteiger partial charge in [-0.1, -0.05) is 23.0 Å². The molecule has 0 aliphatic heterocycles. The van der Waals surface area contributed by atoms with Gasteiger partial charge in [0.25, 0.3) is 0 Å². The van der Waals surface area contributed by atoms with Crippen LogP contribution in [0.4, 0.5) is 0 Å². The van der Waals surface area contributed by atoms with Gasteiger partial charge in [0, 0.05) is 15.9 Å². The quantitative estimate of drug-likeness (QED) is 0.349. The van der Waals surface area contributed by atoms with Crippen LogP contribution in [-0.4, -0.2) is 39.4 Å². The predicted molar refractivity (Wildman–Crippen MR) is 92.8 cm³/mol. The first kappa shape index (κ1) is 16.2. The van der Waals surface area contributed by atoms with E-state index in [1.165, 1.54) is 16.3 Å². The molecule has 1 aromatic carbocycles. The van der Waals surface area contributed by atoms with Crippen molar-refractivity contribution in [1.82, 2.24) is 25.4 Å². The van der Waals surface area contributed by atoms with Crippen molar-refractivity contribution in [2.75, 3.05) is 19.3 Å². The van der Waals surface area contributed by atoms with Gasteiger partial charge in [-0.05, 0) is 58.2 Å². The number of rotatable bonds is 6. The van der Waals surface area contributed by atoms with Crippen LogP contribution in [-0.2, 0) is 0 Å². The number of thioether (sulfide) groups is 1. The molecule has 0 radical (unpaired) electrons. The van der Waals surface area contributed by atoms with Crippen molar-refractivity contribution in [3.05, 3.63) is 38.4 Å². The third-order valence-electron chi connectivity index (χ3n) is 2.93. The van der Waals surface area contributed by atoms with E-state index in [1.807, 2.05) is 25.2 Å². The summed E-state index contributed by atoms with van der Waals surface area (Å²) >= 11 is 3.63. The van der Waals surface area contributed by atoms with Crippen molar-refractivity contribution in [1.29, 1.82) is 0 Å². The topological polar surface area (TPSA) is 99.0 Å². The molecular formula is C13H12IN5O3S. The number of halogens is 1. The van der Waals surface area contributed by atoms with Crippen molar-refractivity contribution >= 4 is 34.4 Å². The van der Waals surface area contributed by atoms with E-state index in [1.54, 1.807) is 6.07 Å². The summed E-state index contributed by atoms with van der Waals surface area (Å²) in [5, 5.41) is 15.2. The molecule has 10 heteroatoms. The van der Waals surface area contributed by atoms with E-state index in [0.29, 0.717) is 16.4 Å². The van der Waals surface area contributed by atoms with Crippen molar-refractivity contribution in [3.8, 4) is 17.2 Å². The number of nitrogens with zero attached hydrogens (tertiary/aromatic N) is 4. The van der Waals surface area contributed by atoms with Crippen LogP contribution in [0.3, 0.4) is 0 Å². The number of nitrogens with one attached hydrogen (secondary N) is 1. The minimum atomic E-state index is -0.587. The molecule has 0 bridgehead atoms. The molecule has 0 saturated heterocycles. The lowest BCUT2D eigenvalue weighted by molar-refractivity contribution is 0.299. The van der Waals surface area contributed by atoms with Crippen molar-refractivity contribution in [2.24, 2.45) is 0 Å². The largest absolute Gasteiger partial charge is 0.446 e. The molecule has 3 aromatic rings.